The zero-order chi connectivity index (χ0) is 21.4. The highest BCUT2D eigenvalue weighted by molar-refractivity contribution is 7.86. The molecule has 0 aliphatic carbocycles. The second kappa shape index (κ2) is 10.1. The van der Waals surface area contributed by atoms with Crippen LogP contribution in [-0.2, 0) is 23.8 Å². The molecule has 1 heterocycles. The van der Waals surface area contributed by atoms with Crippen molar-refractivity contribution in [2.45, 2.75) is 30.6 Å². The Balaban J connectivity index is 2.42. The van der Waals surface area contributed by atoms with Crippen LogP contribution in [0.4, 0.5) is 0 Å². The molecule has 1 amide bonds. The molecule has 1 aromatic carbocycles. The van der Waals surface area contributed by atoms with Gasteiger partial charge in [0, 0.05) is 22.5 Å². The predicted molar refractivity (Wildman–Crippen MR) is 100 cm³/mol. The highest BCUT2D eigenvalue weighted by Crippen LogP contribution is 2.28. The van der Waals surface area contributed by atoms with Crippen molar-refractivity contribution in [2.75, 3.05) is 19.9 Å². The summed E-state index contributed by atoms with van der Waals surface area (Å²) in [5.41, 5.74) is 17.9. The Kier molecular flexibility index (Phi) is 7.79. The molecule has 0 radical (unpaired) electrons. The van der Waals surface area contributed by atoms with Gasteiger partial charge in [-0.05, 0) is 23.2 Å². The minimum Gasteiger partial charge on any atom is -0.354 e. The monoisotopic (exact) mass is 425 g/mol. The van der Waals surface area contributed by atoms with Crippen molar-refractivity contribution in [3.63, 3.8) is 0 Å². The van der Waals surface area contributed by atoms with Crippen molar-refractivity contribution in [1.82, 2.24) is 5.32 Å². The topological polar surface area (TPSA) is 188 Å². The van der Waals surface area contributed by atoms with Crippen molar-refractivity contribution in [2.24, 2.45) is 10.2 Å². The van der Waals surface area contributed by atoms with E-state index >= 15 is 0 Å². The highest BCUT2D eigenvalue weighted by atomic mass is 32.2. The van der Waals surface area contributed by atoms with E-state index in [0.29, 0.717) is 5.56 Å². The molecule has 0 aromatic heterocycles. The lowest BCUT2D eigenvalue weighted by Crippen LogP contribution is -2.64. The number of methoxy groups -OCH3 is 1. The molecule has 1 aromatic rings. The van der Waals surface area contributed by atoms with Gasteiger partial charge >= 0.3 is 0 Å². The van der Waals surface area contributed by atoms with E-state index in [1.807, 2.05) is 0 Å². The molecule has 1 aliphatic heterocycles. The number of hydrogen-bond donors (Lipinski definition) is 1. The fourth-order valence-electron chi connectivity index (χ4n) is 2.88. The number of azide groups is 2. The maximum absolute atomic E-state index is 12.6. The molecule has 0 spiro atoms. The van der Waals surface area contributed by atoms with Gasteiger partial charge in [-0.25, -0.2) is 0 Å². The summed E-state index contributed by atoms with van der Waals surface area (Å²) in [5, 5.41) is 9.62. The Labute approximate surface area is 166 Å². The number of nitrogens with zero attached hydrogens (tertiary/aromatic N) is 6. The molecular weight excluding hydrogens is 406 g/mol. The van der Waals surface area contributed by atoms with Crippen LogP contribution in [0.2, 0.25) is 0 Å². The summed E-state index contributed by atoms with van der Waals surface area (Å²) in [4.78, 5) is 17.9. The third-order valence-electron chi connectivity index (χ3n) is 4.03. The van der Waals surface area contributed by atoms with Gasteiger partial charge in [-0.15, -0.1) is 0 Å². The quantitative estimate of drug-likeness (QED) is 0.284. The van der Waals surface area contributed by atoms with Crippen LogP contribution < -0.4 is 5.32 Å². The fraction of sp³-hybridized carbons (Fsp3) is 0.533. The standard InChI is InChI=1S/C15H19N7O6S/c1-26-15-12(19-14(23)9-6-4-3-5-7-9)11(20-22-17)13(28-29(2,24)25)10(27-15)8-18-21-16/h3-7,10-13,15H,8H2,1-2H3,(H,19,23). The van der Waals surface area contributed by atoms with Crippen molar-refractivity contribution >= 4 is 16.0 Å². The average molecular weight is 425 g/mol. The lowest BCUT2D eigenvalue weighted by Gasteiger charge is -2.43. The molecule has 1 saturated heterocycles. The van der Waals surface area contributed by atoms with Gasteiger partial charge in [0.05, 0.1) is 31.0 Å². The van der Waals surface area contributed by atoms with Crippen LogP contribution >= 0.6 is 0 Å². The molecular formula is C15H19N7O6S. The summed E-state index contributed by atoms with van der Waals surface area (Å²) in [7, 11) is -2.72. The van der Waals surface area contributed by atoms with Gasteiger partial charge < -0.3 is 14.8 Å². The number of nitrogens with one attached hydrogen (secondary N) is 1. The lowest BCUT2D eigenvalue weighted by molar-refractivity contribution is -0.221. The van der Waals surface area contributed by atoms with E-state index in [9.17, 15) is 13.2 Å². The van der Waals surface area contributed by atoms with Crippen LogP contribution in [0.15, 0.2) is 40.6 Å². The highest BCUT2D eigenvalue weighted by Gasteiger charge is 2.48. The number of benzene rings is 1. The summed E-state index contributed by atoms with van der Waals surface area (Å²) < 4.78 is 39.4. The van der Waals surface area contributed by atoms with Crippen LogP contribution in [0.5, 0.6) is 0 Å². The van der Waals surface area contributed by atoms with Crippen molar-refractivity contribution < 1.29 is 26.9 Å². The fourth-order valence-corrected chi connectivity index (χ4v) is 3.52. The van der Waals surface area contributed by atoms with Crippen molar-refractivity contribution in [3.8, 4) is 0 Å². The normalized spacial score (nSPS) is 26.6. The first-order chi connectivity index (χ1) is 13.8. The minimum absolute atomic E-state index is 0.312. The first-order valence-electron chi connectivity index (χ1n) is 8.28. The number of carbonyl (C=O) groups excluding carboxylic acids is 1. The molecule has 0 saturated carbocycles. The Hall–Kier alpha value is -2.86. The molecule has 156 valence electrons. The van der Waals surface area contributed by atoms with Crippen molar-refractivity contribution in [3.05, 3.63) is 56.8 Å². The van der Waals surface area contributed by atoms with Crippen LogP contribution in [0, 0.1) is 0 Å². The molecule has 1 N–H and O–H groups in total. The second-order valence-electron chi connectivity index (χ2n) is 6.02. The first-order valence-corrected chi connectivity index (χ1v) is 10.1. The molecule has 14 heteroatoms. The summed E-state index contributed by atoms with van der Waals surface area (Å²) >= 11 is 0. The smallest absolute Gasteiger partial charge is 0.264 e. The van der Waals surface area contributed by atoms with Gasteiger partial charge in [-0.2, -0.15) is 8.42 Å². The molecule has 5 atom stereocenters. The number of rotatable bonds is 8. The molecule has 29 heavy (non-hydrogen) atoms. The third-order valence-corrected chi connectivity index (χ3v) is 4.61. The second-order valence-corrected chi connectivity index (χ2v) is 7.62. The van der Waals surface area contributed by atoms with Gasteiger partial charge in [-0.1, -0.05) is 28.4 Å². The molecule has 1 fully saturated rings. The summed E-state index contributed by atoms with van der Waals surface area (Å²) in [5.74, 6) is -0.522. The van der Waals surface area contributed by atoms with E-state index in [-0.39, 0.29) is 6.54 Å². The predicted octanol–water partition coefficient (Wildman–Crippen LogP) is 1.49. The average Bonchev–Trinajstić information content (AvgIpc) is 2.69. The Morgan fingerprint density at radius 3 is 2.52 bits per heavy atom. The van der Waals surface area contributed by atoms with E-state index in [1.165, 1.54) is 7.11 Å². The molecule has 1 aliphatic rings. The van der Waals surface area contributed by atoms with Gasteiger partial charge in [0.2, 0.25) is 0 Å². The van der Waals surface area contributed by atoms with E-state index < -0.39 is 46.6 Å². The van der Waals surface area contributed by atoms with Crippen LogP contribution in [0.1, 0.15) is 10.4 Å². The van der Waals surface area contributed by atoms with E-state index in [1.54, 1.807) is 30.3 Å². The van der Waals surface area contributed by atoms with Gasteiger partial charge in [0.15, 0.2) is 6.29 Å². The number of hydrogen-bond acceptors (Lipinski definition) is 8. The first kappa shape index (κ1) is 22.4. The summed E-state index contributed by atoms with van der Waals surface area (Å²) in [6.07, 6.45) is -2.79. The number of ether oxygens (including phenoxy) is 2. The van der Waals surface area contributed by atoms with E-state index in [0.717, 1.165) is 6.26 Å². The number of carbonyl (C=O) groups is 1. The molecule has 13 nitrogen and oxygen atoms in total. The summed E-state index contributed by atoms with van der Waals surface area (Å²) in [6.45, 7) is -0.312. The lowest BCUT2D eigenvalue weighted by atomic mass is 9.94. The van der Waals surface area contributed by atoms with E-state index in [4.69, 9.17) is 24.7 Å². The zero-order valence-corrected chi connectivity index (χ0v) is 16.3. The van der Waals surface area contributed by atoms with Crippen LogP contribution in [0.3, 0.4) is 0 Å². The third kappa shape index (κ3) is 6.06. The van der Waals surface area contributed by atoms with Gasteiger partial charge in [-0.3, -0.25) is 8.98 Å². The SMILES string of the molecule is COC1OC(CN=[N+]=[N-])C(OS(C)(=O)=O)C(N=[N+]=[N-])C1NC(=O)c1ccccc1. The van der Waals surface area contributed by atoms with Gasteiger partial charge in [0.25, 0.3) is 16.0 Å². The minimum atomic E-state index is -4.01. The van der Waals surface area contributed by atoms with Crippen molar-refractivity contribution in [1.29, 1.82) is 0 Å². The Morgan fingerprint density at radius 1 is 1.28 bits per heavy atom. The Morgan fingerprint density at radius 2 is 1.97 bits per heavy atom. The van der Waals surface area contributed by atoms with E-state index in [2.05, 4.69) is 25.4 Å². The molecule has 5 unspecified atom stereocenters. The molecule has 2 rings (SSSR count). The molecule has 0 bridgehead atoms. The van der Waals surface area contributed by atoms with Crippen LogP contribution in [-0.4, -0.2) is 64.8 Å². The maximum Gasteiger partial charge on any atom is 0.264 e. The maximum atomic E-state index is 12.6. The Bertz CT molecular complexity index is 914. The van der Waals surface area contributed by atoms with Gasteiger partial charge in [0.1, 0.15) is 6.10 Å². The zero-order valence-electron chi connectivity index (χ0n) is 15.5. The van der Waals surface area contributed by atoms with Crippen LogP contribution in [0.25, 0.3) is 20.9 Å². The largest absolute Gasteiger partial charge is 0.354 e. The number of amides is 1. The summed E-state index contributed by atoms with van der Waals surface area (Å²) in [6, 6.07) is 5.87.